The number of esters is 1. The van der Waals surface area contributed by atoms with E-state index in [-0.39, 0.29) is 5.97 Å². The molecular formula is C28H56O4. The Balaban J connectivity index is 3.09. The highest BCUT2D eigenvalue weighted by atomic mass is 16.6. The van der Waals surface area contributed by atoms with E-state index in [9.17, 15) is 4.79 Å². The van der Waals surface area contributed by atoms with Gasteiger partial charge in [0.05, 0.1) is 19.8 Å². The van der Waals surface area contributed by atoms with E-state index in [1.165, 1.54) is 103 Å². The van der Waals surface area contributed by atoms with Crippen LogP contribution in [0.25, 0.3) is 0 Å². The van der Waals surface area contributed by atoms with Crippen molar-refractivity contribution in [1.82, 2.24) is 0 Å². The molecule has 0 aromatic rings. The van der Waals surface area contributed by atoms with Crippen molar-refractivity contribution < 1.29 is 19.0 Å². The molecule has 0 bridgehead atoms. The van der Waals surface area contributed by atoms with Crippen LogP contribution in [-0.4, -0.2) is 39.0 Å². The van der Waals surface area contributed by atoms with Gasteiger partial charge in [0.25, 0.3) is 0 Å². The van der Waals surface area contributed by atoms with Crippen LogP contribution in [0.3, 0.4) is 0 Å². The van der Waals surface area contributed by atoms with Gasteiger partial charge < -0.3 is 14.2 Å². The van der Waals surface area contributed by atoms with Gasteiger partial charge in [0.1, 0.15) is 6.61 Å². The topological polar surface area (TPSA) is 44.8 Å². The quantitative estimate of drug-likeness (QED) is 0.0919. The van der Waals surface area contributed by atoms with E-state index in [2.05, 4.69) is 13.8 Å². The standard InChI is InChI=1S/C28H56O4/c1-3-5-7-9-11-12-13-14-15-16-17-19-21-23-30-24-25-31-26-27-32-28(29)22-20-18-10-8-6-4-2/h3-27H2,1-2H3. The van der Waals surface area contributed by atoms with Crippen molar-refractivity contribution in [2.45, 2.75) is 142 Å². The van der Waals surface area contributed by atoms with Crippen molar-refractivity contribution in [3.8, 4) is 0 Å². The zero-order valence-corrected chi connectivity index (χ0v) is 21.8. The summed E-state index contributed by atoms with van der Waals surface area (Å²) in [7, 11) is 0. The molecule has 0 saturated carbocycles. The number of carbonyl (C=O) groups is 1. The molecule has 192 valence electrons. The summed E-state index contributed by atoms with van der Waals surface area (Å²) in [5.41, 5.74) is 0. The van der Waals surface area contributed by atoms with Crippen LogP contribution in [0.2, 0.25) is 0 Å². The highest BCUT2D eigenvalue weighted by Crippen LogP contribution is 2.12. The molecule has 4 nitrogen and oxygen atoms in total. The van der Waals surface area contributed by atoms with Gasteiger partial charge >= 0.3 is 5.97 Å². The summed E-state index contributed by atoms with van der Waals surface area (Å²) in [4.78, 5) is 11.6. The Kier molecular flexibility index (Phi) is 27.9. The molecule has 0 saturated heterocycles. The van der Waals surface area contributed by atoms with Gasteiger partial charge in [-0.05, 0) is 12.8 Å². The Hall–Kier alpha value is -0.610. The second kappa shape index (κ2) is 28.4. The molecule has 0 aliphatic rings. The lowest BCUT2D eigenvalue weighted by molar-refractivity contribution is -0.145. The van der Waals surface area contributed by atoms with Crippen molar-refractivity contribution in [1.29, 1.82) is 0 Å². The first-order valence-electron chi connectivity index (χ1n) is 14.1. The third kappa shape index (κ3) is 27.4. The lowest BCUT2D eigenvalue weighted by atomic mass is 10.0. The fourth-order valence-corrected chi connectivity index (χ4v) is 3.88. The largest absolute Gasteiger partial charge is 0.463 e. The lowest BCUT2D eigenvalue weighted by Crippen LogP contribution is -2.13. The van der Waals surface area contributed by atoms with E-state index < -0.39 is 0 Å². The van der Waals surface area contributed by atoms with Gasteiger partial charge in [-0.1, -0.05) is 123 Å². The minimum absolute atomic E-state index is 0.0947. The number of unbranched alkanes of at least 4 members (excludes halogenated alkanes) is 17. The van der Waals surface area contributed by atoms with Gasteiger partial charge in [0.2, 0.25) is 0 Å². The predicted octanol–water partition coefficient (Wildman–Crippen LogP) is 8.40. The monoisotopic (exact) mass is 456 g/mol. The highest BCUT2D eigenvalue weighted by molar-refractivity contribution is 5.69. The van der Waals surface area contributed by atoms with Crippen LogP contribution < -0.4 is 0 Å². The third-order valence-electron chi connectivity index (χ3n) is 5.99. The minimum Gasteiger partial charge on any atom is -0.463 e. The van der Waals surface area contributed by atoms with Crippen molar-refractivity contribution in [3.63, 3.8) is 0 Å². The van der Waals surface area contributed by atoms with Crippen LogP contribution >= 0.6 is 0 Å². The van der Waals surface area contributed by atoms with Crippen LogP contribution in [0, 0.1) is 0 Å². The first-order valence-corrected chi connectivity index (χ1v) is 14.1. The Morgan fingerprint density at radius 1 is 0.438 bits per heavy atom. The Morgan fingerprint density at radius 3 is 1.31 bits per heavy atom. The Bertz CT molecular complexity index is 359. The third-order valence-corrected chi connectivity index (χ3v) is 5.99. The maximum atomic E-state index is 11.6. The fraction of sp³-hybridized carbons (Fsp3) is 0.964. The van der Waals surface area contributed by atoms with Gasteiger partial charge in [-0.25, -0.2) is 0 Å². The molecule has 0 rings (SSSR count). The summed E-state index contributed by atoms with van der Waals surface area (Å²) < 4.78 is 16.3. The summed E-state index contributed by atoms with van der Waals surface area (Å²) in [6.07, 6.45) is 25.5. The molecule has 0 aliphatic carbocycles. The van der Waals surface area contributed by atoms with Gasteiger partial charge in [0.15, 0.2) is 0 Å². The molecule has 0 fully saturated rings. The van der Waals surface area contributed by atoms with Crippen LogP contribution in [0.5, 0.6) is 0 Å². The van der Waals surface area contributed by atoms with Crippen molar-refractivity contribution in [2.24, 2.45) is 0 Å². The fourth-order valence-electron chi connectivity index (χ4n) is 3.88. The zero-order chi connectivity index (χ0) is 23.4. The SMILES string of the molecule is CCCCCCCCCCCCCCCOCCOCCOC(=O)CCCCCCCC. The van der Waals surface area contributed by atoms with Crippen LogP contribution in [0.4, 0.5) is 0 Å². The van der Waals surface area contributed by atoms with E-state index in [4.69, 9.17) is 14.2 Å². The van der Waals surface area contributed by atoms with E-state index in [1.807, 2.05) is 0 Å². The van der Waals surface area contributed by atoms with Gasteiger partial charge in [-0.2, -0.15) is 0 Å². The molecule has 0 radical (unpaired) electrons. The van der Waals surface area contributed by atoms with Crippen molar-refractivity contribution in [3.05, 3.63) is 0 Å². The summed E-state index contributed by atoms with van der Waals surface area (Å²) in [5.74, 6) is -0.0947. The number of hydrogen-bond donors (Lipinski definition) is 0. The van der Waals surface area contributed by atoms with E-state index >= 15 is 0 Å². The molecule has 0 heterocycles. The average Bonchev–Trinajstić information content (AvgIpc) is 2.80. The second-order valence-electron chi connectivity index (χ2n) is 9.21. The lowest BCUT2D eigenvalue weighted by Gasteiger charge is -2.07. The zero-order valence-electron chi connectivity index (χ0n) is 21.8. The number of rotatable bonds is 27. The Labute approximate surface area is 200 Å². The van der Waals surface area contributed by atoms with Gasteiger partial charge in [0, 0.05) is 13.0 Å². The molecular weight excluding hydrogens is 400 g/mol. The summed E-state index contributed by atoms with van der Waals surface area (Å²) in [5, 5.41) is 0. The van der Waals surface area contributed by atoms with Crippen LogP contribution in [0.15, 0.2) is 0 Å². The molecule has 32 heavy (non-hydrogen) atoms. The first kappa shape index (κ1) is 31.4. The second-order valence-corrected chi connectivity index (χ2v) is 9.21. The van der Waals surface area contributed by atoms with Crippen molar-refractivity contribution >= 4 is 5.97 Å². The molecule has 0 aromatic carbocycles. The normalized spacial score (nSPS) is 11.2. The molecule has 0 aliphatic heterocycles. The average molecular weight is 457 g/mol. The summed E-state index contributed by atoms with van der Waals surface area (Å²) >= 11 is 0. The molecule has 0 unspecified atom stereocenters. The Morgan fingerprint density at radius 2 is 0.812 bits per heavy atom. The molecule has 0 N–H and O–H groups in total. The molecule has 0 aromatic heterocycles. The molecule has 0 atom stereocenters. The maximum Gasteiger partial charge on any atom is 0.305 e. The van der Waals surface area contributed by atoms with E-state index in [1.54, 1.807) is 0 Å². The number of ether oxygens (including phenoxy) is 3. The summed E-state index contributed by atoms with van der Waals surface area (Å²) in [6.45, 7) is 7.34. The van der Waals surface area contributed by atoms with Crippen molar-refractivity contribution in [2.75, 3.05) is 33.0 Å². The molecule has 0 spiro atoms. The molecule has 4 heteroatoms. The maximum absolute atomic E-state index is 11.6. The predicted molar refractivity (Wildman–Crippen MR) is 136 cm³/mol. The molecule has 0 amide bonds. The number of hydrogen-bond acceptors (Lipinski definition) is 4. The van der Waals surface area contributed by atoms with E-state index in [0.717, 1.165) is 25.9 Å². The summed E-state index contributed by atoms with van der Waals surface area (Å²) in [6, 6.07) is 0. The van der Waals surface area contributed by atoms with E-state index in [0.29, 0.717) is 32.8 Å². The first-order chi connectivity index (χ1) is 15.8. The van der Waals surface area contributed by atoms with Gasteiger partial charge in [-0.3, -0.25) is 4.79 Å². The van der Waals surface area contributed by atoms with Crippen LogP contribution in [-0.2, 0) is 19.0 Å². The number of carbonyl (C=O) groups excluding carboxylic acids is 1. The van der Waals surface area contributed by atoms with Crippen LogP contribution in [0.1, 0.15) is 142 Å². The van der Waals surface area contributed by atoms with Gasteiger partial charge in [-0.15, -0.1) is 0 Å². The smallest absolute Gasteiger partial charge is 0.305 e. The highest BCUT2D eigenvalue weighted by Gasteiger charge is 2.02. The minimum atomic E-state index is -0.0947.